The zero-order valence-corrected chi connectivity index (χ0v) is 16.0. The fourth-order valence-corrected chi connectivity index (χ4v) is 3.38. The van der Waals surface area contributed by atoms with Crippen LogP contribution in [0, 0.1) is 0 Å². The lowest BCUT2D eigenvalue weighted by molar-refractivity contribution is 0.0594. The van der Waals surface area contributed by atoms with Gasteiger partial charge in [0.1, 0.15) is 0 Å². The topological polar surface area (TPSA) is 73.2 Å². The number of carbonyl (C=O) groups is 2. The zero-order valence-electron chi connectivity index (χ0n) is 16.0. The van der Waals surface area contributed by atoms with Gasteiger partial charge in [0, 0.05) is 30.4 Å². The molecule has 0 bridgehead atoms. The molecule has 6 heteroatoms. The van der Waals surface area contributed by atoms with E-state index in [2.05, 4.69) is 16.5 Å². The van der Waals surface area contributed by atoms with Crippen molar-refractivity contribution < 1.29 is 14.3 Å². The highest BCUT2D eigenvalue weighted by molar-refractivity contribution is 5.97. The van der Waals surface area contributed by atoms with Gasteiger partial charge in [0.15, 0.2) is 5.69 Å². The Bertz CT molecular complexity index is 865. The summed E-state index contributed by atoms with van der Waals surface area (Å²) in [5.74, 6) is -0.582. The Hall–Kier alpha value is -2.89. The molecule has 0 unspecified atom stereocenters. The normalized spacial score (nSPS) is 15.0. The third-order valence-corrected chi connectivity index (χ3v) is 4.90. The second kappa shape index (κ2) is 8.20. The van der Waals surface area contributed by atoms with E-state index < -0.39 is 5.97 Å². The van der Waals surface area contributed by atoms with Crippen molar-refractivity contribution >= 4 is 11.9 Å². The first kappa shape index (κ1) is 18.9. The minimum Gasteiger partial charge on any atom is -0.464 e. The molecule has 1 aliphatic carbocycles. The molecule has 0 fully saturated rings. The number of nitrogens with zero attached hydrogens (tertiary/aromatic N) is 2. The van der Waals surface area contributed by atoms with E-state index in [4.69, 9.17) is 4.74 Å². The van der Waals surface area contributed by atoms with Crippen molar-refractivity contribution in [2.45, 2.75) is 38.6 Å². The quantitative estimate of drug-likeness (QED) is 0.648. The van der Waals surface area contributed by atoms with Crippen LogP contribution < -0.4 is 5.32 Å². The van der Waals surface area contributed by atoms with Crippen molar-refractivity contribution in [1.82, 2.24) is 15.1 Å². The van der Waals surface area contributed by atoms with Crippen molar-refractivity contribution in [1.29, 1.82) is 0 Å². The largest absolute Gasteiger partial charge is 0.464 e. The predicted octanol–water partition coefficient (Wildman–Crippen LogP) is 3.49. The molecule has 1 heterocycles. The molecule has 1 aliphatic rings. The van der Waals surface area contributed by atoms with Gasteiger partial charge in [0.25, 0.3) is 5.91 Å². The summed E-state index contributed by atoms with van der Waals surface area (Å²) in [6.45, 7) is 2.03. The lowest BCUT2D eigenvalue weighted by Crippen LogP contribution is -2.34. The number of amides is 1. The van der Waals surface area contributed by atoms with Gasteiger partial charge in [-0.3, -0.25) is 9.48 Å². The maximum Gasteiger partial charge on any atom is 0.359 e. The number of hydrogen-bond donors (Lipinski definition) is 1. The molecule has 27 heavy (non-hydrogen) atoms. The van der Waals surface area contributed by atoms with E-state index in [1.54, 1.807) is 30.1 Å². The number of hydrogen-bond acceptors (Lipinski definition) is 4. The average molecular weight is 367 g/mol. The highest BCUT2D eigenvalue weighted by Crippen LogP contribution is 2.24. The minimum absolute atomic E-state index is 0.0433. The molecule has 1 N–H and O–H groups in total. The van der Waals surface area contributed by atoms with Crippen molar-refractivity contribution in [2.24, 2.45) is 7.05 Å². The van der Waals surface area contributed by atoms with Gasteiger partial charge in [-0.1, -0.05) is 23.8 Å². The number of aryl methyl sites for hydroxylation is 1. The first-order valence-electron chi connectivity index (χ1n) is 9.21. The first-order chi connectivity index (χ1) is 13.0. The van der Waals surface area contributed by atoms with Gasteiger partial charge in [0.05, 0.1) is 7.11 Å². The third-order valence-electron chi connectivity index (χ3n) is 4.90. The molecule has 0 aliphatic heterocycles. The average Bonchev–Trinajstić information content (AvgIpc) is 3.09. The predicted molar refractivity (Wildman–Crippen MR) is 103 cm³/mol. The number of rotatable bonds is 5. The summed E-state index contributed by atoms with van der Waals surface area (Å²) in [6, 6.07) is 7.22. The highest BCUT2D eigenvalue weighted by Gasteiger charge is 2.19. The lowest BCUT2D eigenvalue weighted by Gasteiger charge is -2.21. The summed E-state index contributed by atoms with van der Waals surface area (Å²) in [4.78, 5) is 24.4. The molecule has 1 aromatic heterocycles. The number of esters is 1. The van der Waals surface area contributed by atoms with Gasteiger partial charge in [-0.25, -0.2) is 4.79 Å². The monoisotopic (exact) mass is 367 g/mol. The van der Waals surface area contributed by atoms with Gasteiger partial charge in [0.2, 0.25) is 0 Å². The Labute approximate surface area is 159 Å². The number of benzene rings is 1. The molecule has 0 spiro atoms. The van der Waals surface area contributed by atoms with Crippen LogP contribution in [0.25, 0.3) is 11.1 Å². The van der Waals surface area contributed by atoms with Gasteiger partial charge in [-0.05, 0) is 50.3 Å². The van der Waals surface area contributed by atoms with Crippen LogP contribution in [0.2, 0.25) is 0 Å². The molecule has 1 atom stereocenters. The maximum absolute atomic E-state index is 12.5. The standard InChI is InChI=1S/C21H25N3O3/c1-14(15-7-5-4-6-8-15)22-20(25)17-11-9-16(10-12-17)18-13-24(2)23-19(18)21(26)27-3/h7,9-14H,4-6,8H2,1-3H3,(H,22,25)/t14-/m0/s1. The van der Waals surface area contributed by atoms with E-state index in [-0.39, 0.29) is 17.6 Å². The van der Waals surface area contributed by atoms with E-state index in [9.17, 15) is 9.59 Å². The fourth-order valence-electron chi connectivity index (χ4n) is 3.38. The zero-order chi connectivity index (χ0) is 19.4. The number of aromatic nitrogens is 2. The van der Waals surface area contributed by atoms with E-state index >= 15 is 0 Å². The van der Waals surface area contributed by atoms with Crippen molar-refractivity contribution in [3.05, 3.63) is 53.4 Å². The van der Waals surface area contributed by atoms with Crippen LogP contribution in [-0.2, 0) is 11.8 Å². The van der Waals surface area contributed by atoms with Crippen LogP contribution in [-0.4, -0.2) is 34.8 Å². The molecule has 3 rings (SSSR count). The Morgan fingerprint density at radius 1 is 1.22 bits per heavy atom. The lowest BCUT2D eigenvalue weighted by atomic mass is 9.94. The SMILES string of the molecule is COC(=O)c1nn(C)cc1-c1ccc(C(=O)N[C@@H](C)C2=CCCCC2)cc1. The molecular weight excluding hydrogens is 342 g/mol. The van der Waals surface area contributed by atoms with E-state index in [0.29, 0.717) is 11.1 Å². The Morgan fingerprint density at radius 2 is 1.96 bits per heavy atom. The number of nitrogens with one attached hydrogen (secondary N) is 1. The van der Waals surface area contributed by atoms with Crippen molar-refractivity contribution in [3.8, 4) is 11.1 Å². The van der Waals surface area contributed by atoms with E-state index in [1.165, 1.54) is 25.5 Å². The Morgan fingerprint density at radius 3 is 2.59 bits per heavy atom. The van der Waals surface area contributed by atoms with Gasteiger partial charge in [-0.15, -0.1) is 0 Å². The molecule has 1 amide bonds. The van der Waals surface area contributed by atoms with Crippen LogP contribution in [0.15, 0.2) is 42.1 Å². The first-order valence-corrected chi connectivity index (χ1v) is 9.21. The van der Waals surface area contributed by atoms with Gasteiger partial charge < -0.3 is 10.1 Å². The molecule has 142 valence electrons. The fraction of sp³-hybridized carbons (Fsp3) is 0.381. The van der Waals surface area contributed by atoms with Gasteiger partial charge in [-0.2, -0.15) is 5.10 Å². The summed E-state index contributed by atoms with van der Waals surface area (Å²) in [5, 5.41) is 7.23. The number of ether oxygens (including phenoxy) is 1. The van der Waals surface area contributed by atoms with Crippen LogP contribution in [0.5, 0.6) is 0 Å². The summed E-state index contributed by atoms with van der Waals surface area (Å²) in [6.07, 6.45) is 8.57. The van der Waals surface area contributed by atoms with Crippen LogP contribution >= 0.6 is 0 Å². The van der Waals surface area contributed by atoms with E-state index in [0.717, 1.165) is 18.4 Å². The van der Waals surface area contributed by atoms with Crippen LogP contribution in [0.3, 0.4) is 0 Å². The molecule has 6 nitrogen and oxygen atoms in total. The van der Waals surface area contributed by atoms with Crippen molar-refractivity contribution in [2.75, 3.05) is 7.11 Å². The summed E-state index contributed by atoms with van der Waals surface area (Å²) >= 11 is 0. The Balaban J connectivity index is 1.75. The minimum atomic E-state index is -0.484. The number of carbonyl (C=O) groups excluding carboxylic acids is 2. The molecule has 1 aromatic carbocycles. The van der Waals surface area contributed by atoms with Crippen LogP contribution in [0.1, 0.15) is 53.5 Å². The van der Waals surface area contributed by atoms with Crippen molar-refractivity contribution in [3.63, 3.8) is 0 Å². The second-order valence-corrected chi connectivity index (χ2v) is 6.85. The summed E-state index contributed by atoms with van der Waals surface area (Å²) < 4.78 is 6.36. The molecule has 0 radical (unpaired) electrons. The summed E-state index contributed by atoms with van der Waals surface area (Å²) in [7, 11) is 3.08. The molecule has 2 aromatic rings. The van der Waals surface area contributed by atoms with Gasteiger partial charge >= 0.3 is 5.97 Å². The highest BCUT2D eigenvalue weighted by atomic mass is 16.5. The molecule has 0 saturated heterocycles. The maximum atomic E-state index is 12.5. The van der Waals surface area contributed by atoms with E-state index in [1.807, 2.05) is 19.1 Å². The molecule has 0 saturated carbocycles. The summed E-state index contributed by atoms with van der Waals surface area (Å²) in [5.41, 5.74) is 3.64. The third kappa shape index (κ3) is 4.27. The smallest absolute Gasteiger partial charge is 0.359 e. The second-order valence-electron chi connectivity index (χ2n) is 6.85. The molecular formula is C21H25N3O3. The Kier molecular flexibility index (Phi) is 5.74. The number of allylic oxidation sites excluding steroid dienone is 1. The number of methoxy groups -OCH3 is 1. The van der Waals surface area contributed by atoms with Crippen LogP contribution in [0.4, 0.5) is 0 Å².